The number of rotatable bonds is 3. The zero-order chi connectivity index (χ0) is 7.44. The third-order valence-corrected chi connectivity index (χ3v) is 0.712. The van der Waals surface area contributed by atoms with Gasteiger partial charge in [-0.2, -0.15) is 0 Å². The van der Waals surface area contributed by atoms with E-state index in [2.05, 4.69) is 0 Å². The molecule has 0 fully saturated rings. The lowest BCUT2D eigenvalue weighted by Crippen LogP contribution is -2.32. The summed E-state index contributed by atoms with van der Waals surface area (Å²) in [6, 6.07) is -1.29. The quantitative estimate of drug-likeness (QED) is 0.451. The molecular weight excluding hydrogens is 125 g/mol. The fourth-order valence-electron chi connectivity index (χ4n) is 0.275. The predicted molar refractivity (Wildman–Crippen MR) is 27.9 cm³/mol. The average molecular weight is 132 g/mol. The van der Waals surface area contributed by atoms with E-state index in [0.717, 1.165) is 0 Å². The van der Waals surface area contributed by atoms with Gasteiger partial charge in [-0.1, -0.05) is 0 Å². The molecule has 0 aromatic heterocycles. The molecular formula is C4H7NO4. The van der Waals surface area contributed by atoms with Crippen LogP contribution in [0.2, 0.25) is 0 Å². The van der Waals surface area contributed by atoms with E-state index in [1.54, 1.807) is 0 Å². The topological polar surface area (TPSA) is 101 Å². The minimum atomic E-state index is -1.29. The Morgan fingerprint density at radius 2 is 1.89 bits per heavy atom. The van der Waals surface area contributed by atoms with E-state index in [0.29, 0.717) is 0 Å². The largest absolute Gasteiger partial charge is 0.481 e. The fourth-order valence-corrected chi connectivity index (χ4v) is 0.275. The first-order valence-corrected chi connectivity index (χ1v) is 2.24. The highest BCUT2D eigenvalue weighted by molar-refractivity contribution is 5.80. The van der Waals surface area contributed by atoms with Crippen LogP contribution in [0, 0.1) is 0 Å². The summed E-state index contributed by atoms with van der Waals surface area (Å²) in [6.07, 6.45) is -0.532. The van der Waals surface area contributed by atoms with Gasteiger partial charge >= 0.3 is 11.9 Å². The summed E-state index contributed by atoms with van der Waals surface area (Å²) in [7, 11) is 0. The molecule has 5 nitrogen and oxygen atoms in total. The Labute approximate surface area is 51.1 Å². The van der Waals surface area contributed by atoms with Gasteiger partial charge in [0.25, 0.3) is 0 Å². The van der Waals surface area contributed by atoms with E-state index in [1.165, 1.54) is 0 Å². The summed E-state index contributed by atoms with van der Waals surface area (Å²) in [5.74, 6) is -2.50. The van der Waals surface area contributed by atoms with Crippen molar-refractivity contribution in [3.63, 3.8) is 0 Å². The SMILES string of the molecule is N[C@@H](C[11C](=O)O)C(=O)O. The first-order valence-electron chi connectivity index (χ1n) is 2.24. The molecule has 52 valence electrons. The Morgan fingerprint density at radius 3 is 2.00 bits per heavy atom. The van der Waals surface area contributed by atoms with Gasteiger partial charge in [-0.15, -0.1) is 0 Å². The van der Waals surface area contributed by atoms with Gasteiger partial charge in [-0.3, -0.25) is 9.59 Å². The molecule has 0 bridgehead atoms. The molecule has 0 saturated carbocycles. The molecule has 5 heteroatoms. The lowest BCUT2D eigenvalue weighted by Gasteiger charge is -1.99. The van der Waals surface area contributed by atoms with Crippen LogP contribution in [0.3, 0.4) is 0 Å². The second-order valence-electron chi connectivity index (χ2n) is 1.54. The minimum absolute atomic E-state index is 0.532. The highest BCUT2D eigenvalue weighted by Gasteiger charge is 2.14. The van der Waals surface area contributed by atoms with Crippen LogP contribution in [-0.4, -0.2) is 28.2 Å². The number of hydrogen-bond donors (Lipinski definition) is 3. The molecule has 0 amide bonds. The van der Waals surface area contributed by atoms with Gasteiger partial charge < -0.3 is 15.9 Å². The van der Waals surface area contributed by atoms with Crippen LogP contribution in [-0.2, 0) is 9.59 Å². The third kappa shape index (κ3) is 3.48. The molecule has 0 saturated heterocycles. The van der Waals surface area contributed by atoms with Crippen LogP contribution in [0.15, 0.2) is 0 Å². The molecule has 0 aliphatic carbocycles. The van der Waals surface area contributed by atoms with E-state index in [4.69, 9.17) is 15.9 Å². The van der Waals surface area contributed by atoms with Crippen LogP contribution >= 0.6 is 0 Å². The number of nitrogens with two attached hydrogens (primary N) is 1. The lowest BCUT2D eigenvalue weighted by molar-refractivity contribution is -0.144. The van der Waals surface area contributed by atoms with E-state index in [1.807, 2.05) is 0 Å². The summed E-state index contributed by atoms with van der Waals surface area (Å²) in [5, 5.41) is 16.0. The standard InChI is InChI=1S/C4H7NO4/c5-2(4(8)9)1-3(6)7/h2H,1,5H2,(H,6,7)(H,8,9)/t2-/m0/s1/i3-1. The maximum atomic E-state index is 9.85. The van der Waals surface area contributed by atoms with Crippen LogP contribution in [0.4, 0.5) is 0 Å². The Bertz CT molecular complexity index is 133. The van der Waals surface area contributed by atoms with Crippen molar-refractivity contribution in [3.8, 4) is 0 Å². The van der Waals surface area contributed by atoms with Gasteiger partial charge in [0.2, 0.25) is 0 Å². The molecule has 0 aliphatic heterocycles. The van der Waals surface area contributed by atoms with Gasteiger partial charge in [-0.25, -0.2) is 0 Å². The summed E-state index contributed by atoms with van der Waals surface area (Å²) in [5.41, 5.74) is 4.84. The second-order valence-corrected chi connectivity index (χ2v) is 1.54. The van der Waals surface area contributed by atoms with Crippen molar-refractivity contribution >= 4 is 11.9 Å². The Hall–Kier alpha value is -1.10. The summed E-state index contributed by atoms with van der Waals surface area (Å²) < 4.78 is 0. The van der Waals surface area contributed by atoms with Gasteiger partial charge in [0.1, 0.15) is 6.04 Å². The second kappa shape index (κ2) is 3.03. The van der Waals surface area contributed by atoms with Crippen molar-refractivity contribution in [2.75, 3.05) is 0 Å². The monoisotopic (exact) mass is 132 g/mol. The van der Waals surface area contributed by atoms with Crippen LogP contribution < -0.4 is 5.73 Å². The van der Waals surface area contributed by atoms with Crippen molar-refractivity contribution in [3.05, 3.63) is 0 Å². The highest BCUT2D eigenvalue weighted by Crippen LogP contribution is 1.86. The third-order valence-electron chi connectivity index (χ3n) is 0.712. The normalized spacial score (nSPS) is 12.6. The lowest BCUT2D eigenvalue weighted by atomic mass is 9.96. The zero-order valence-electron chi connectivity index (χ0n) is 4.57. The molecule has 0 spiro atoms. The first kappa shape index (κ1) is 7.90. The van der Waals surface area contributed by atoms with Gasteiger partial charge in [0.05, 0.1) is 6.42 Å². The van der Waals surface area contributed by atoms with E-state index < -0.39 is 24.4 Å². The average Bonchev–Trinajstić information content (AvgIpc) is 1.63. The maximum Gasteiger partial charge on any atom is 0.321 e. The van der Waals surface area contributed by atoms with Crippen LogP contribution in [0.25, 0.3) is 0 Å². The van der Waals surface area contributed by atoms with E-state index in [9.17, 15) is 9.59 Å². The number of carboxylic acids is 2. The smallest absolute Gasteiger partial charge is 0.321 e. The van der Waals surface area contributed by atoms with Crippen LogP contribution in [0.5, 0.6) is 0 Å². The summed E-state index contributed by atoms with van der Waals surface area (Å²) >= 11 is 0. The van der Waals surface area contributed by atoms with Crippen molar-refractivity contribution < 1.29 is 19.8 Å². The Balaban J connectivity index is 3.63. The number of carboxylic acid groups (broad SMARTS) is 2. The van der Waals surface area contributed by atoms with E-state index in [-0.39, 0.29) is 0 Å². The summed E-state index contributed by atoms with van der Waals surface area (Å²) in [6.45, 7) is 0. The first-order chi connectivity index (χ1) is 4.04. The molecule has 0 aliphatic rings. The summed E-state index contributed by atoms with van der Waals surface area (Å²) in [4.78, 5) is 19.6. The molecule has 0 radical (unpaired) electrons. The van der Waals surface area contributed by atoms with Crippen molar-refractivity contribution in [2.24, 2.45) is 5.73 Å². The molecule has 9 heavy (non-hydrogen) atoms. The predicted octanol–water partition coefficient (Wildman–Crippen LogP) is -1.13. The zero-order valence-corrected chi connectivity index (χ0v) is 4.57. The number of hydrogen-bond acceptors (Lipinski definition) is 3. The Morgan fingerprint density at radius 1 is 1.44 bits per heavy atom. The number of aliphatic carboxylic acids is 2. The molecule has 0 heterocycles. The van der Waals surface area contributed by atoms with E-state index >= 15 is 0 Å². The van der Waals surface area contributed by atoms with Crippen molar-refractivity contribution in [1.82, 2.24) is 0 Å². The van der Waals surface area contributed by atoms with Crippen molar-refractivity contribution in [1.29, 1.82) is 0 Å². The van der Waals surface area contributed by atoms with Gasteiger partial charge in [-0.05, 0) is 0 Å². The van der Waals surface area contributed by atoms with Crippen LogP contribution in [0.1, 0.15) is 6.42 Å². The molecule has 4 N–H and O–H groups in total. The minimum Gasteiger partial charge on any atom is -0.481 e. The molecule has 0 unspecified atom stereocenters. The Kier molecular flexibility index (Phi) is 2.66. The number of carbonyl (C=O) groups is 2. The van der Waals surface area contributed by atoms with Crippen molar-refractivity contribution in [2.45, 2.75) is 12.5 Å². The van der Waals surface area contributed by atoms with Gasteiger partial charge in [0, 0.05) is 0 Å². The highest BCUT2D eigenvalue weighted by atomic mass is 16.4. The maximum absolute atomic E-state index is 9.85. The van der Waals surface area contributed by atoms with Gasteiger partial charge in [0.15, 0.2) is 0 Å². The fraction of sp³-hybridized carbons (Fsp3) is 0.500. The molecule has 0 rings (SSSR count). The molecule has 1 atom stereocenters. The molecule has 0 aromatic rings. The molecule has 0 aromatic carbocycles.